The second kappa shape index (κ2) is 4.32. The molecule has 0 aromatic carbocycles. The maximum atomic E-state index is 10.6. The van der Waals surface area contributed by atoms with Crippen LogP contribution in [0, 0.1) is 12.8 Å². The van der Waals surface area contributed by atoms with E-state index in [1.165, 1.54) is 0 Å². The quantitative estimate of drug-likeness (QED) is 0.876. The lowest BCUT2D eigenvalue weighted by molar-refractivity contribution is -0.0880. The molecule has 0 aliphatic carbocycles. The molecule has 100 valence electrons. The standard InChI is InChI=1S/C15H23NO2/c1-10-6-7-11(9-16-10)13(17)12-8-14(2,3)18-15(12,4)5/h6-7,9,12-13,17H,8H2,1-5H3. The van der Waals surface area contributed by atoms with Crippen LogP contribution in [0.15, 0.2) is 18.3 Å². The van der Waals surface area contributed by atoms with Gasteiger partial charge >= 0.3 is 0 Å². The first-order valence-corrected chi connectivity index (χ1v) is 6.52. The number of nitrogens with zero attached hydrogens (tertiary/aromatic N) is 1. The molecule has 0 amide bonds. The van der Waals surface area contributed by atoms with Gasteiger partial charge in [-0.3, -0.25) is 4.98 Å². The lowest BCUT2D eigenvalue weighted by Gasteiger charge is -2.30. The smallest absolute Gasteiger partial charge is 0.0861 e. The number of pyridine rings is 1. The summed E-state index contributed by atoms with van der Waals surface area (Å²) in [5.41, 5.74) is 1.36. The molecule has 1 saturated heterocycles. The SMILES string of the molecule is Cc1ccc(C(O)C2CC(C)(C)OC2(C)C)cn1. The van der Waals surface area contributed by atoms with Crippen LogP contribution in [-0.4, -0.2) is 21.3 Å². The molecule has 2 atom stereocenters. The maximum Gasteiger partial charge on any atom is 0.0861 e. The molecule has 2 heterocycles. The Balaban J connectivity index is 2.23. The van der Waals surface area contributed by atoms with E-state index in [0.29, 0.717) is 0 Å². The molecule has 1 aromatic heterocycles. The molecule has 1 aromatic rings. The van der Waals surface area contributed by atoms with E-state index in [2.05, 4.69) is 32.7 Å². The van der Waals surface area contributed by atoms with Gasteiger partial charge in [0.25, 0.3) is 0 Å². The summed E-state index contributed by atoms with van der Waals surface area (Å²) in [5, 5.41) is 10.6. The van der Waals surface area contributed by atoms with Gasteiger partial charge in [0.15, 0.2) is 0 Å². The van der Waals surface area contributed by atoms with E-state index in [4.69, 9.17) is 4.74 Å². The summed E-state index contributed by atoms with van der Waals surface area (Å²) in [6.45, 7) is 10.2. The Hall–Kier alpha value is -0.930. The minimum absolute atomic E-state index is 0.0945. The topological polar surface area (TPSA) is 42.4 Å². The maximum absolute atomic E-state index is 10.6. The van der Waals surface area contributed by atoms with Crippen LogP contribution in [0.1, 0.15) is 51.5 Å². The lowest BCUT2D eigenvalue weighted by Crippen LogP contribution is -2.32. The van der Waals surface area contributed by atoms with E-state index in [1.54, 1.807) is 6.20 Å². The van der Waals surface area contributed by atoms with Crippen LogP contribution in [-0.2, 0) is 4.74 Å². The van der Waals surface area contributed by atoms with Crippen molar-refractivity contribution < 1.29 is 9.84 Å². The monoisotopic (exact) mass is 249 g/mol. The van der Waals surface area contributed by atoms with Crippen molar-refractivity contribution in [3.8, 4) is 0 Å². The molecule has 1 aliphatic heterocycles. The molecule has 1 N–H and O–H groups in total. The number of rotatable bonds is 2. The average Bonchev–Trinajstić information content (AvgIpc) is 2.47. The van der Waals surface area contributed by atoms with Gasteiger partial charge in [0.2, 0.25) is 0 Å². The van der Waals surface area contributed by atoms with Crippen LogP contribution < -0.4 is 0 Å². The fourth-order valence-electron chi connectivity index (χ4n) is 2.98. The Kier molecular flexibility index (Phi) is 3.24. The molecule has 18 heavy (non-hydrogen) atoms. The zero-order valence-corrected chi connectivity index (χ0v) is 11.9. The highest BCUT2D eigenvalue weighted by Crippen LogP contribution is 2.47. The fraction of sp³-hybridized carbons (Fsp3) is 0.667. The van der Waals surface area contributed by atoms with E-state index in [0.717, 1.165) is 17.7 Å². The molecule has 1 aliphatic rings. The van der Waals surface area contributed by atoms with Crippen LogP contribution in [0.2, 0.25) is 0 Å². The number of hydrogen-bond donors (Lipinski definition) is 1. The summed E-state index contributed by atoms with van der Waals surface area (Å²) in [4.78, 5) is 4.25. The highest BCUT2D eigenvalue weighted by molar-refractivity contribution is 5.18. The Morgan fingerprint density at radius 2 is 2.00 bits per heavy atom. The number of aliphatic hydroxyl groups is 1. The van der Waals surface area contributed by atoms with E-state index in [9.17, 15) is 5.11 Å². The van der Waals surface area contributed by atoms with Crippen LogP contribution >= 0.6 is 0 Å². The Morgan fingerprint density at radius 3 is 2.44 bits per heavy atom. The van der Waals surface area contributed by atoms with Gasteiger partial charge in [-0.2, -0.15) is 0 Å². The third-order valence-electron chi connectivity index (χ3n) is 3.80. The van der Waals surface area contributed by atoms with Gasteiger partial charge in [-0.15, -0.1) is 0 Å². The van der Waals surface area contributed by atoms with Gasteiger partial charge < -0.3 is 9.84 Å². The Bertz CT molecular complexity index is 423. The van der Waals surface area contributed by atoms with E-state index < -0.39 is 6.10 Å². The summed E-state index contributed by atoms with van der Waals surface area (Å²) < 4.78 is 6.03. The first-order valence-electron chi connectivity index (χ1n) is 6.52. The van der Waals surface area contributed by atoms with Crippen LogP contribution in [0.4, 0.5) is 0 Å². The first kappa shape index (κ1) is 13.5. The molecule has 0 spiro atoms. The predicted octanol–water partition coefficient (Wildman–Crippen LogP) is 3.02. The third-order valence-corrected chi connectivity index (χ3v) is 3.80. The number of ether oxygens (including phenoxy) is 1. The summed E-state index contributed by atoms with van der Waals surface area (Å²) >= 11 is 0. The fourth-order valence-corrected chi connectivity index (χ4v) is 2.98. The summed E-state index contributed by atoms with van der Waals surface area (Å²) in [5.74, 6) is 0.0945. The molecule has 1 fully saturated rings. The molecule has 0 bridgehead atoms. The van der Waals surface area contributed by atoms with E-state index in [1.807, 2.05) is 19.1 Å². The van der Waals surface area contributed by atoms with E-state index in [-0.39, 0.29) is 17.1 Å². The lowest BCUT2D eigenvalue weighted by atomic mass is 9.81. The number of aryl methyl sites for hydroxylation is 1. The molecular weight excluding hydrogens is 226 g/mol. The van der Waals surface area contributed by atoms with Gasteiger partial charge in [-0.05, 0) is 52.7 Å². The second-order valence-electron chi connectivity index (χ2n) is 6.45. The predicted molar refractivity (Wildman–Crippen MR) is 71.3 cm³/mol. The van der Waals surface area contributed by atoms with Crippen molar-refractivity contribution in [3.05, 3.63) is 29.6 Å². The number of aliphatic hydroxyl groups excluding tert-OH is 1. The number of hydrogen-bond acceptors (Lipinski definition) is 3. The molecule has 0 radical (unpaired) electrons. The van der Waals surface area contributed by atoms with Crippen molar-refractivity contribution in [2.24, 2.45) is 5.92 Å². The Morgan fingerprint density at radius 1 is 1.33 bits per heavy atom. The van der Waals surface area contributed by atoms with Gasteiger partial charge in [-0.1, -0.05) is 6.07 Å². The van der Waals surface area contributed by atoms with Crippen molar-refractivity contribution >= 4 is 0 Å². The zero-order valence-electron chi connectivity index (χ0n) is 11.9. The minimum Gasteiger partial charge on any atom is -0.388 e. The van der Waals surface area contributed by atoms with Crippen LogP contribution in [0.3, 0.4) is 0 Å². The minimum atomic E-state index is -0.519. The zero-order chi connectivity index (χ0) is 13.6. The van der Waals surface area contributed by atoms with Crippen molar-refractivity contribution in [2.45, 2.75) is 58.3 Å². The van der Waals surface area contributed by atoms with Crippen LogP contribution in [0.25, 0.3) is 0 Å². The summed E-state index contributed by atoms with van der Waals surface area (Å²) in [6.07, 6.45) is 2.10. The first-order chi connectivity index (χ1) is 8.21. The van der Waals surface area contributed by atoms with Gasteiger partial charge in [0.1, 0.15) is 0 Å². The van der Waals surface area contributed by atoms with Crippen molar-refractivity contribution in [3.63, 3.8) is 0 Å². The van der Waals surface area contributed by atoms with Crippen molar-refractivity contribution in [1.29, 1.82) is 0 Å². The summed E-state index contributed by atoms with van der Waals surface area (Å²) in [6, 6.07) is 3.89. The Labute approximate surface area is 109 Å². The van der Waals surface area contributed by atoms with Gasteiger partial charge in [0.05, 0.1) is 17.3 Å². The molecule has 2 rings (SSSR count). The van der Waals surface area contributed by atoms with Crippen LogP contribution in [0.5, 0.6) is 0 Å². The average molecular weight is 249 g/mol. The molecular formula is C15H23NO2. The van der Waals surface area contributed by atoms with E-state index >= 15 is 0 Å². The largest absolute Gasteiger partial charge is 0.388 e. The molecule has 0 saturated carbocycles. The van der Waals surface area contributed by atoms with Crippen molar-refractivity contribution in [1.82, 2.24) is 4.98 Å². The normalized spacial score (nSPS) is 27.1. The summed E-state index contributed by atoms with van der Waals surface area (Å²) in [7, 11) is 0. The molecule has 2 unspecified atom stereocenters. The number of aromatic nitrogens is 1. The van der Waals surface area contributed by atoms with Gasteiger partial charge in [-0.25, -0.2) is 0 Å². The molecule has 3 heteroatoms. The molecule has 3 nitrogen and oxygen atoms in total. The highest BCUT2D eigenvalue weighted by Gasteiger charge is 2.49. The third kappa shape index (κ3) is 2.57. The second-order valence-corrected chi connectivity index (χ2v) is 6.45. The van der Waals surface area contributed by atoms with Gasteiger partial charge in [0, 0.05) is 17.8 Å². The van der Waals surface area contributed by atoms with Crippen molar-refractivity contribution in [2.75, 3.05) is 0 Å². The highest BCUT2D eigenvalue weighted by atomic mass is 16.5.